The Morgan fingerprint density at radius 3 is 2.35 bits per heavy atom. The smallest absolute Gasteiger partial charge is 0.0847 e. The Bertz CT molecular complexity index is 232. The Kier molecular flexibility index (Phi) is 6.17. The number of hydrogen-bond donors (Lipinski definition) is 2. The number of nitrogens with two attached hydrogens (primary N) is 1. The van der Waals surface area contributed by atoms with Crippen molar-refractivity contribution in [1.82, 2.24) is 5.43 Å². The molecule has 0 aromatic heterocycles. The Labute approximate surface area is 106 Å². The lowest BCUT2D eigenvalue weighted by molar-refractivity contribution is -0.0527. The molecule has 1 aliphatic carbocycles. The van der Waals surface area contributed by atoms with Crippen LogP contribution in [0.1, 0.15) is 58.3 Å². The van der Waals surface area contributed by atoms with Crippen LogP contribution >= 0.6 is 0 Å². The number of methoxy groups -OCH3 is 1. The second-order valence-corrected chi connectivity index (χ2v) is 5.21. The van der Waals surface area contributed by atoms with E-state index in [1.807, 2.05) is 7.11 Å². The first-order valence-electron chi connectivity index (χ1n) is 6.86. The van der Waals surface area contributed by atoms with Crippen molar-refractivity contribution >= 4 is 0 Å². The van der Waals surface area contributed by atoms with E-state index in [9.17, 15) is 0 Å². The van der Waals surface area contributed by atoms with E-state index in [2.05, 4.69) is 18.9 Å². The summed E-state index contributed by atoms with van der Waals surface area (Å²) in [5.74, 6) is 5.75. The van der Waals surface area contributed by atoms with Crippen molar-refractivity contribution in [2.24, 2.45) is 5.84 Å². The van der Waals surface area contributed by atoms with Gasteiger partial charge in [-0.25, -0.2) is 0 Å². The van der Waals surface area contributed by atoms with Gasteiger partial charge in [0.25, 0.3) is 0 Å². The molecule has 1 rings (SSSR count). The molecule has 0 spiro atoms. The van der Waals surface area contributed by atoms with Crippen molar-refractivity contribution in [1.29, 1.82) is 0 Å². The van der Waals surface area contributed by atoms with Crippen LogP contribution in [0.15, 0.2) is 12.2 Å². The van der Waals surface area contributed by atoms with Crippen LogP contribution in [0.5, 0.6) is 0 Å². The molecular weight excluding hydrogens is 212 g/mol. The van der Waals surface area contributed by atoms with Crippen LogP contribution in [0, 0.1) is 0 Å². The molecule has 1 saturated carbocycles. The fourth-order valence-corrected chi connectivity index (χ4v) is 2.85. The van der Waals surface area contributed by atoms with Gasteiger partial charge < -0.3 is 4.74 Å². The first-order valence-corrected chi connectivity index (χ1v) is 6.86. The van der Waals surface area contributed by atoms with E-state index >= 15 is 0 Å². The minimum absolute atomic E-state index is 0.0939. The van der Waals surface area contributed by atoms with Crippen LogP contribution in [0.25, 0.3) is 0 Å². The molecular formula is C14H28N2O. The monoisotopic (exact) mass is 240 g/mol. The van der Waals surface area contributed by atoms with Crippen LogP contribution in [0.3, 0.4) is 0 Å². The molecule has 3 N–H and O–H groups in total. The largest absolute Gasteiger partial charge is 0.377 e. The van der Waals surface area contributed by atoms with Crippen molar-refractivity contribution in [2.75, 3.05) is 7.11 Å². The van der Waals surface area contributed by atoms with Crippen LogP contribution < -0.4 is 11.3 Å². The third-order valence-corrected chi connectivity index (χ3v) is 4.19. The molecule has 0 aromatic carbocycles. The number of rotatable bonds is 6. The zero-order chi connectivity index (χ0) is 12.7. The zero-order valence-corrected chi connectivity index (χ0v) is 11.4. The molecule has 1 atom stereocenters. The zero-order valence-electron chi connectivity index (χ0n) is 11.4. The summed E-state index contributed by atoms with van der Waals surface area (Å²) >= 11 is 0. The van der Waals surface area contributed by atoms with E-state index in [1.54, 1.807) is 0 Å². The standard InChI is InChI=1S/C14H28N2O/c1-4-12(2)11-13(16-15)14(17-3)9-7-5-6-8-10-14/h13,16H,2,4-11,15H2,1,3H3. The molecule has 0 aliphatic heterocycles. The summed E-state index contributed by atoms with van der Waals surface area (Å²) in [7, 11) is 1.82. The highest BCUT2D eigenvalue weighted by Gasteiger charge is 2.38. The summed E-state index contributed by atoms with van der Waals surface area (Å²) in [5.41, 5.74) is 4.12. The average molecular weight is 240 g/mol. The highest BCUT2D eigenvalue weighted by atomic mass is 16.5. The third kappa shape index (κ3) is 3.80. The van der Waals surface area contributed by atoms with Gasteiger partial charge in [0.2, 0.25) is 0 Å². The fourth-order valence-electron chi connectivity index (χ4n) is 2.85. The Morgan fingerprint density at radius 2 is 1.94 bits per heavy atom. The maximum Gasteiger partial charge on any atom is 0.0847 e. The number of ether oxygens (including phenoxy) is 1. The van der Waals surface area contributed by atoms with Gasteiger partial charge in [-0.15, -0.1) is 0 Å². The van der Waals surface area contributed by atoms with E-state index in [-0.39, 0.29) is 11.6 Å². The summed E-state index contributed by atoms with van der Waals surface area (Å²) in [4.78, 5) is 0. The van der Waals surface area contributed by atoms with E-state index in [4.69, 9.17) is 10.6 Å². The number of nitrogens with one attached hydrogen (secondary N) is 1. The molecule has 0 aromatic rings. The molecule has 0 bridgehead atoms. The van der Waals surface area contributed by atoms with E-state index in [1.165, 1.54) is 31.3 Å². The van der Waals surface area contributed by atoms with Crippen LogP contribution in [0.2, 0.25) is 0 Å². The van der Waals surface area contributed by atoms with Gasteiger partial charge >= 0.3 is 0 Å². The molecule has 1 unspecified atom stereocenters. The van der Waals surface area contributed by atoms with Gasteiger partial charge in [-0.3, -0.25) is 11.3 Å². The van der Waals surface area contributed by atoms with Gasteiger partial charge in [0, 0.05) is 7.11 Å². The van der Waals surface area contributed by atoms with Crippen LogP contribution in [-0.2, 0) is 4.74 Å². The lowest BCUT2D eigenvalue weighted by Gasteiger charge is -2.39. The second kappa shape index (κ2) is 7.14. The molecule has 3 heteroatoms. The van der Waals surface area contributed by atoms with Gasteiger partial charge in [0.1, 0.15) is 0 Å². The lowest BCUT2D eigenvalue weighted by Crippen LogP contribution is -2.54. The van der Waals surface area contributed by atoms with E-state index in [0.29, 0.717) is 0 Å². The van der Waals surface area contributed by atoms with Gasteiger partial charge in [-0.2, -0.15) is 0 Å². The molecule has 100 valence electrons. The lowest BCUT2D eigenvalue weighted by atomic mass is 9.83. The average Bonchev–Trinajstić information content (AvgIpc) is 2.61. The Hall–Kier alpha value is -0.380. The Morgan fingerprint density at radius 1 is 1.35 bits per heavy atom. The third-order valence-electron chi connectivity index (χ3n) is 4.19. The molecule has 1 fully saturated rings. The van der Waals surface area contributed by atoms with E-state index in [0.717, 1.165) is 25.7 Å². The quantitative estimate of drug-likeness (QED) is 0.325. The molecule has 17 heavy (non-hydrogen) atoms. The fraction of sp³-hybridized carbons (Fsp3) is 0.857. The molecule has 0 heterocycles. The SMILES string of the molecule is C=C(CC)CC(NN)C1(OC)CCCCCC1. The molecule has 0 amide bonds. The highest BCUT2D eigenvalue weighted by Crippen LogP contribution is 2.35. The summed E-state index contributed by atoms with van der Waals surface area (Å²) in [6.45, 7) is 6.23. The second-order valence-electron chi connectivity index (χ2n) is 5.21. The summed E-state index contributed by atoms with van der Waals surface area (Å²) in [6.07, 6.45) is 9.26. The van der Waals surface area contributed by atoms with Crippen LogP contribution in [-0.4, -0.2) is 18.8 Å². The van der Waals surface area contributed by atoms with E-state index < -0.39 is 0 Å². The van der Waals surface area contributed by atoms with Crippen molar-refractivity contribution in [3.63, 3.8) is 0 Å². The van der Waals surface area contributed by atoms with Gasteiger partial charge in [-0.05, 0) is 25.7 Å². The first-order chi connectivity index (χ1) is 8.18. The molecule has 0 saturated heterocycles. The minimum atomic E-state index is -0.0939. The first kappa shape index (κ1) is 14.7. The van der Waals surface area contributed by atoms with Gasteiger partial charge in [0.15, 0.2) is 0 Å². The summed E-state index contributed by atoms with van der Waals surface area (Å²) in [6, 6.07) is 0.193. The van der Waals surface area contributed by atoms with Crippen molar-refractivity contribution in [2.45, 2.75) is 69.9 Å². The molecule has 3 nitrogen and oxygen atoms in total. The van der Waals surface area contributed by atoms with Gasteiger partial charge in [0.05, 0.1) is 11.6 Å². The Balaban J connectivity index is 2.75. The molecule has 1 aliphatic rings. The van der Waals surface area contributed by atoms with Crippen molar-refractivity contribution in [3.05, 3.63) is 12.2 Å². The number of hydrazine groups is 1. The summed E-state index contributed by atoms with van der Waals surface area (Å²) < 4.78 is 5.87. The van der Waals surface area contributed by atoms with Crippen LogP contribution in [0.4, 0.5) is 0 Å². The maximum atomic E-state index is 5.87. The van der Waals surface area contributed by atoms with Crippen molar-refractivity contribution in [3.8, 4) is 0 Å². The maximum absolute atomic E-state index is 5.87. The predicted octanol–water partition coefficient (Wildman–Crippen LogP) is 2.91. The predicted molar refractivity (Wildman–Crippen MR) is 72.6 cm³/mol. The normalized spacial score (nSPS) is 21.8. The number of hydrogen-bond acceptors (Lipinski definition) is 3. The highest BCUT2D eigenvalue weighted by molar-refractivity contribution is 5.03. The topological polar surface area (TPSA) is 47.3 Å². The summed E-state index contributed by atoms with van der Waals surface area (Å²) in [5, 5.41) is 0. The van der Waals surface area contributed by atoms with Crippen molar-refractivity contribution < 1.29 is 4.74 Å². The van der Waals surface area contributed by atoms with Gasteiger partial charge in [-0.1, -0.05) is 44.8 Å². The minimum Gasteiger partial charge on any atom is -0.377 e. The molecule has 0 radical (unpaired) electrons.